The zero-order chi connectivity index (χ0) is 16.1. The molecule has 0 saturated heterocycles. The van der Waals surface area contributed by atoms with Crippen LogP contribution >= 0.6 is 0 Å². The quantitative estimate of drug-likeness (QED) is 0.847. The zero-order valence-corrected chi connectivity index (χ0v) is 13.6. The van der Waals surface area contributed by atoms with Crippen LogP contribution in [0.15, 0.2) is 10.6 Å². The van der Waals surface area contributed by atoms with Crippen molar-refractivity contribution in [1.82, 2.24) is 5.16 Å². The second-order valence-electron chi connectivity index (χ2n) is 5.56. The molecule has 0 saturated carbocycles. The molecule has 1 heterocycles. The Bertz CT molecular complexity index is 593. The first kappa shape index (κ1) is 17.3. The van der Waals surface area contributed by atoms with Gasteiger partial charge in [0.1, 0.15) is 11.3 Å². The van der Waals surface area contributed by atoms with Gasteiger partial charge in [0.2, 0.25) is 0 Å². The molecule has 4 heteroatoms. The minimum absolute atomic E-state index is 0.241. The Labute approximate surface area is 126 Å². The highest BCUT2D eigenvalue weighted by atomic mass is 16.5. The highest BCUT2D eigenvalue weighted by Gasteiger charge is 2.29. The lowest BCUT2D eigenvalue weighted by atomic mass is 9.93. The molecule has 21 heavy (non-hydrogen) atoms. The number of rotatable bonds is 5. The highest BCUT2D eigenvalue weighted by Crippen LogP contribution is 2.24. The first-order valence-corrected chi connectivity index (χ1v) is 6.95. The normalized spacial score (nSPS) is 16.2. The van der Waals surface area contributed by atoms with Crippen LogP contribution in [0.3, 0.4) is 0 Å². The van der Waals surface area contributed by atoms with Gasteiger partial charge in [0.05, 0.1) is 6.61 Å². The van der Waals surface area contributed by atoms with E-state index in [1.807, 2.05) is 6.92 Å². The van der Waals surface area contributed by atoms with Crippen molar-refractivity contribution in [2.45, 2.75) is 59.4 Å². The minimum Gasteiger partial charge on any atom is -0.371 e. The van der Waals surface area contributed by atoms with Crippen molar-refractivity contribution in [2.75, 3.05) is 0 Å². The Morgan fingerprint density at radius 2 is 1.90 bits per heavy atom. The third-order valence-corrected chi connectivity index (χ3v) is 3.40. The summed E-state index contributed by atoms with van der Waals surface area (Å²) in [4.78, 5) is 0. The van der Waals surface area contributed by atoms with E-state index in [1.54, 1.807) is 26.8 Å². The summed E-state index contributed by atoms with van der Waals surface area (Å²) in [7, 11) is 0. The fourth-order valence-electron chi connectivity index (χ4n) is 1.73. The zero-order valence-electron chi connectivity index (χ0n) is 13.6. The number of aromatic nitrogens is 1. The average Bonchev–Trinajstić information content (AvgIpc) is 2.86. The third-order valence-electron chi connectivity index (χ3n) is 3.40. The van der Waals surface area contributed by atoms with Gasteiger partial charge in [-0.05, 0) is 33.6 Å². The Balaban J connectivity index is 2.83. The molecule has 0 aliphatic heterocycles. The summed E-state index contributed by atoms with van der Waals surface area (Å²) in [5.74, 6) is 11.9. The minimum atomic E-state index is -1.34. The van der Waals surface area contributed by atoms with Crippen molar-refractivity contribution >= 4 is 0 Å². The number of ether oxygens (including phenoxy) is 1. The smallest absolute Gasteiger partial charge is 0.183 e. The average molecular weight is 289 g/mol. The molecular formula is C17H23NO3. The van der Waals surface area contributed by atoms with E-state index >= 15 is 0 Å². The van der Waals surface area contributed by atoms with Crippen molar-refractivity contribution in [3.05, 3.63) is 17.5 Å². The van der Waals surface area contributed by atoms with E-state index in [1.165, 1.54) is 0 Å². The molecule has 1 aromatic rings. The monoisotopic (exact) mass is 289 g/mol. The van der Waals surface area contributed by atoms with Crippen molar-refractivity contribution in [3.8, 4) is 23.7 Å². The first-order chi connectivity index (χ1) is 9.75. The summed E-state index contributed by atoms with van der Waals surface area (Å²) in [6.45, 7) is 11.3. The molecule has 2 atom stereocenters. The maximum absolute atomic E-state index is 10.1. The summed E-state index contributed by atoms with van der Waals surface area (Å²) in [6, 6.07) is 1.66. The molecule has 1 N–H and O–H groups in total. The predicted molar refractivity (Wildman–Crippen MR) is 81.0 cm³/mol. The van der Waals surface area contributed by atoms with Gasteiger partial charge < -0.3 is 14.4 Å². The molecule has 0 spiro atoms. The van der Waals surface area contributed by atoms with Crippen molar-refractivity contribution in [3.63, 3.8) is 0 Å². The van der Waals surface area contributed by atoms with Gasteiger partial charge in [-0.25, -0.2) is 0 Å². The SMILES string of the molecule is CC#CC(C)(OCc1cc([C@](C)(O)C#CC)on1)C(C)C. The van der Waals surface area contributed by atoms with E-state index in [9.17, 15) is 5.11 Å². The highest BCUT2D eigenvalue weighted by molar-refractivity contribution is 5.23. The second-order valence-corrected chi connectivity index (χ2v) is 5.56. The van der Waals surface area contributed by atoms with Crippen LogP contribution in [-0.2, 0) is 16.9 Å². The molecule has 0 aliphatic carbocycles. The second kappa shape index (κ2) is 6.80. The molecule has 1 rings (SSSR count). The molecule has 114 valence electrons. The molecular weight excluding hydrogens is 266 g/mol. The summed E-state index contributed by atoms with van der Waals surface area (Å²) >= 11 is 0. The maximum atomic E-state index is 10.1. The van der Waals surface area contributed by atoms with Crippen molar-refractivity contribution in [1.29, 1.82) is 0 Å². The van der Waals surface area contributed by atoms with Gasteiger partial charge in [-0.3, -0.25) is 0 Å². The largest absolute Gasteiger partial charge is 0.371 e. The fourth-order valence-corrected chi connectivity index (χ4v) is 1.73. The van der Waals surface area contributed by atoms with Crippen molar-refractivity contribution < 1.29 is 14.4 Å². The topological polar surface area (TPSA) is 55.5 Å². The van der Waals surface area contributed by atoms with Gasteiger partial charge in [-0.1, -0.05) is 30.8 Å². The summed E-state index contributed by atoms with van der Waals surface area (Å²) in [5, 5.41) is 14.0. The summed E-state index contributed by atoms with van der Waals surface area (Å²) in [6.07, 6.45) is 0. The van der Waals surface area contributed by atoms with Gasteiger partial charge in [0.15, 0.2) is 11.4 Å². The van der Waals surface area contributed by atoms with E-state index in [4.69, 9.17) is 9.26 Å². The lowest BCUT2D eigenvalue weighted by Gasteiger charge is -2.28. The Morgan fingerprint density at radius 1 is 1.29 bits per heavy atom. The van der Waals surface area contributed by atoms with Crippen LogP contribution in [-0.4, -0.2) is 15.9 Å². The molecule has 4 nitrogen and oxygen atoms in total. The molecule has 0 radical (unpaired) electrons. The van der Waals surface area contributed by atoms with Crippen LogP contribution < -0.4 is 0 Å². The van der Waals surface area contributed by atoms with Gasteiger partial charge in [0.25, 0.3) is 0 Å². The molecule has 1 unspecified atom stereocenters. The van der Waals surface area contributed by atoms with Gasteiger partial charge in [-0.15, -0.1) is 11.8 Å². The van der Waals surface area contributed by atoms with Crippen molar-refractivity contribution in [2.24, 2.45) is 5.92 Å². The van der Waals surface area contributed by atoms with Crippen LogP contribution in [0, 0.1) is 29.6 Å². The van der Waals surface area contributed by atoms with Crippen LogP contribution in [0.4, 0.5) is 0 Å². The van der Waals surface area contributed by atoms with E-state index in [0.717, 1.165) is 0 Å². The number of hydrogen-bond donors (Lipinski definition) is 1. The Kier molecular flexibility index (Phi) is 5.61. The lowest BCUT2D eigenvalue weighted by Crippen LogP contribution is -2.33. The summed E-state index contributed by atoms with van der Waals surface area (Å²) < 4.78 is 11.0. The van der Waals surface area contributed by atoms with E-state index in [-0.39, 0.29) is 12.5 Å². The summed E-state index contributed by atoms with van der Waals surface area (Å²) in [5.41, 5.74) is -1.28. The van der Waals surface area contributed by atoms with E-state index in [0.29, 0.717) is 11.5 Å². The van der Waals surface area contributed by atoms with E-state index in [2.05, 4.69) is 42.7 Å². The predicted octanol–water partition coefficient (Wildman–Crippen LogP) is 2.86. The molecule has 0 aromatic carbocycles. The molecule has 0 amide bonds. The fraction of sp³-hybridized carbons (Fsp3) is 0.588. The van der Waals surface area contributed by atoms with Crippen LogP contribution in [0.2, 0.25) is 0 Å². The van der Waals surface area contributed by atoms with Gasteiger partial charge in [0, 0.05) is 6.07 Å². The molecule has 0 bridgehead atoms. The maximum Gasteiger partial charge on any atom is 0.183 e. The van der Waals surface area contributed by atoms with Crippen LogP contribution in [0.1, 0.15) is 53.0 Å². The number of aliphatic hydroxyl groups is 1. The lowest BCUT2D eigenvalue weighted by molar-refractivity contribution is -0.0330. The standard InChI is InChI=1S/C17H23NO3/c1-7-9-16(5,19)15-11-14(18-21-15)12-20-17(6,10-8-2)13(3)4/h11,13,19H,12H2,1-6H3/t16-,17?/m1/s1. The number of nitrogens with zero attached hydrogens (tertiary/aromatic N) is 1. The van der Waals surface area contributed by atoms with E-state index < -0.39 is 11.2 Å². The Hall–Kier alpha value is -1.75. The molecule has 0 aliphatic rings. The van der Waals surface area contributed by atoms with Crippen LogP contribution in [0.5, 0.6) is 0 Å². The third kappa shape index (κ3) is 4.36. The molecule has 1 aromatic heterocycles. The number of hydrogen-bond acceptors (Lipinski definition) is 4. The molecule has 0 fully saturated rings. The van der Waals surface area contributed by atoms with Crippen LogP contribution in [0.25, 0.3) is 0 Å². The first-order valence-electron chi connectivity index (χ1n) is 6.95. The Morgan fingerprint density at radius 3 is 2.43 bits per heavy atom. The van der Waals surface area contributed by atoms with Gasteiger partial charge >= 0.3 is 0 Å². The van der Waals surface area contributed by atoms with Gasteiger partial charge in [-0.2, -0.15) is 0 Å².